The van der Waals surface area contributed by atoms with Gasteiger partial charge in [-0.25, -0.2) is 4.99 Å². The Kier molecular flexibility index (Phi) is 1.36. The highest BCUT2D eigenvalue weighted by molar-refractivity contribution is 6.05. The van der Waals surface area contributed by atoms with E-state index in [0.717, 1.165) is 5.71 Å². The fourth-order valence-electron chi connectivity index (χ4n) is 0.999. The average molecular weight is 149 g/mol. The molecule has 0 radical (unpaired) electrons. The first kappa shape index (κ1) is 6.36. The molecule has 0 amide bonds. The summed E-state index contributed by atoms with van der Waals surface area (Å²) in [4.78, 5) is 7.90. The molecule has 5 nitrogen and oxygen atoms in total. The Labute approximate surface area is 63.4 Å². The molecule has 2 aliphatic heterocycles. The van der Waals surface area contributed by atoms with E-state index in [1.165, 1.54) is 6.34 Å². The monoisotopic (exact) mass is 149 g/mol. The van der Waals surface area contributed by atoms with Crippen LogP contribution in [0.2, 0.25) is 0 Å². The van der Waals surface area contributed by atoms with Gasteiger partial charge in [0.1, 0.15) is 18.5 Å². The lowest BCUT2D eigenvalue weighted by Crippen LogP contribution is -2.39. The van der Waals surface area contributed by atoms with Gasteiger partial charge in [-0.15, -0.1) is 0 Å². The van der Waals surface area contributed by atoms with Crippen molar-refractivity contribution >= 4 is 12.1 Å². The number of nitrogens with zero attached hydrogens (tertiary/aromatic N) is 4. The van der Waals surface area contributed by atoms with Gasteiger partial charge in [0.25, 0.3) is 0 Å². The van der Waals surface area contributed by atoms with Crippen molar-refractivity contribution in [1.82, 2.24) is 0 Å². The molecule has 0 aromatic carbocycles. The van der Waals surface area contributed by atoms with E-state index >= 15 is 0 Å². The van der Waals surface area contributed by atoms with Crippen LogP contribution in [0.25, 0.3) is 0 Å². The molecule has 0 unspecified atom stereocenters. The maximum absolute atomic E-state index is 5.62. The van der Waals surface area contributed by atoms with Gasteiger partial charge in [-0.05, 0) is 6.08 Å². The summed E-state index contributed by atoms with van der Waals surface area (Å²) in [5.41, 5.74) is 6.46. The van der Waals surface area contributed by atoms with Gasteiger partial charge in [-0.1, -0.05) is 0 Å². The van der Waals surface area contributed by atoms with Crippen LogP contribution in [0, 0.1) is 0 Å². The van der Waals surface area contributed by atoms with Crippen molar-refractivity contribution in [3.63, 3.8) is 0 Å². The van der Waals surface area contributed by atoms with Crippen LogP contribution in [0.4, 0.5) is 0 Å². The SMILES string of the molecule is N[C@H]1N=CN=C2C=CN=N[C@H]21. The number of azo groups is 1. The lowest BCUT2D eigenvalue weighted by molar-refractivity contribution is 0.623. The molecule has 0 aromatic rings. The third kappa shape index (κ3) is 0.988. The van der Waals surface area contributed by atoms with Gasteiger partial charge in [-0.2, -0.15) is 10.2 Å². The van der Waals surface area contributed by atoms with E-state index in [9.17, 15) is 0 Å². The molecule has 2 heterocycles. The number of aliphatic imine (C=N–C) groups is 2. The summed E-state index contributed by atoms with van der Waals surface area (Å²) >= 11 is 0. The van der Waals surface area contributed by atoms with Gasteiger partial charge < -0.3 is 5.73 Å². The number of rotatable bonds is 0. The highest BCUT2D eigenvalue weighted by Crippen LogP contribution is 2.11. The first-order valence-electron chi connectivity index (χ1n) is 3.29. The van der Waals surface area contributed by atoms with Crippen LogP contribution in [0.1, 0.15) is 0 Å². The molecule has 0 saturated carbocycles. The zero-order valence-corrected chi connectivity index (χ0v) is 5.75. The average Bonchev–Trinajstić information content (AvgIpc) is 2.06. The molecule has 5 heteroatoms. The molecule has 2 aliphatic rings. The molecule has 2 N–H and O–H groups in total. The largest absolute Gasteiger partial charge is 0.307 e. The standard InChI is InChI=1S/C6H7N5/c7-6-5-4(8-3-9-6)1-2-10-11-5/h1-3,5-6H,7H2/t5-,6+/m1/s1. The molecule has 0 bridgehead atoms. The Balaban J connectivity index is 2.35. The smallest absolute Gasteiger partial charge is 0.148 e. The third-order valence-electron chi connectivity index (χ3n) is 1.58. The van der Waals surface area contributed by atoms with Crippen LogP contribution in [-0.2, 0) is 0 Å². The fraction of sp³-hybridized carbons (Fsp3) is 0.333. The highest BCUT2D eigenvalue weighted by atomic mass is 15.2. The molecule has 0 aromatic heterocycles. The van der Waals surface area contributed by atoms with E-state index in [1.54, 1.807) is 12.3 Å². The molecule has 56 valence electrons. The minimum atomic E-state index is -0.323. The summed E-state index contributed by atoms with van der Waals surface area (Å²) in [6, 6.07) is -0.176. The van der Waals surface area contributed by atoms with E-state index in [-0.39, 0.29) is 12.2 Å². The van der Waals surface area contributed by atoms with Crippen molar-refractivity contribution in [2.75, 3.05) is 0 Å². The first-order chi connectivity index (χ1) is 5.38. The van der Waals surface area contributed by atoms with Crippen molar-refractivity contribution in [2.45, 2.75) is 12.2 Å². The summed E-state index contributed by atoms with van der Waals surface area (Å²) in [5, 5.41) is 7.62. The fourth-order valence-corrected chi connectivity index (χ4v) is 0.999. The maximum atomic E-state index is 5.62. The molecule has 11 heavy (non-hydrogen) atoms. The molecular weight excluding hydrogens is 142 g/mol. The molecule has 0 spiro atoms. The number of fused-ring (bicyclic) bond motifs is 1. The van der Waals surface area contributed by atoms with Gasteiger partial charge >= 0.3 is 0 Å². The van der Waals surface area contributed by atoms with Gasteiger partial charge in [0, 0.05) is 0 Å². The second kappa shape index (κ2) is 2.35. The second-order valence-corrected chi connectivity index (χ2v) is 2.30. The minimum absolute atomic E-state index is 0.176. The third-order valence-corrected chi connectivity index (χ3v) is 1.58. The summed E-state index contributed by atoms with van der Waals surface area (Å²) in [6.45, 7) is 0. The molecule has 0 saturated heterocycles. The molecule has 0 aliphatic carbocycles. The highest BCUT2D eigenvalue weighted by Gasteiger charge is 2.24. The molecular formula is C6H7N5. The molecule has 0 fully saturated rings. The zero-order chi connectivity index (χ0) is 7.68. The van der Waals surface area contributed by atoms with E-state index in [1.807, 2.05) is 0 Å². The van der Waals surface area contributed by atoms with Crippen molar-refractivity contribution < 1.29 is 0 Å². The Bertz CT molecular complexity index is 275. The minimum Gasteiger partial charge on any atom is -0.307 e. The maximum Gasteiger partial charge on any atom is 0.148 e. The second-order valence-electron chi connectivity index (χ2n) is 2.30. The predicted octanol–water partition coefficient (Wildman–Crippen LogP) is 0.102. The topological polar surface area (TPSA) is 75.5 Å². The van der Waals surface area contributed by atoms with Crippen LogP contribution in [0.15, 0.2) is 32.5 Å². The van der Waals surface area contributed by atoms with Gasteiger partial charge in [-0.3, -0.25) is 4.99 Å². The zero-order valence-electron chi connectivity index (χ0n) is 5.75. The van der Waals surface area contributed by atoms with Crippen LogP contribution in [0.3, 0.4) is 0 Å². The van der Waals surface area contributed by atoms with Gasteiger partial charge in [0.05, 0.1) is 11.9 Å². The lowest BCUT2D eigenvalue weighted by atomic mass is 10.1. The van der Waals surface area contributed by atoms with Crippen molar-refractivity contribution in [2.24, 2.45) is 25.9 Å². The first-order valence-corrected chi connectivity index (χ1v) is 3.29. The van der Waals surface area contributed by atoms with Crippen LogP contribution >= 0.6 is 0 Å². The van der Waals surface area contributed by atoms with Crippen molar-refractivity contribution in [3.8, 4) is 0 Å². The van der Waals surface area contributed by atoms with E-state index in [0.29, 0.717) is 0 Å². The normalized spacial score (nSPS) is 33.4. The summed E-state index contributed by atoms with van der Waals surface area (Å²) in [6.07, 6.45) is 4.53. The van der Waals surface area contributed by atoms with Crippen molar-refractivity contribution in [1.29, 1.82) is 0 Å². The van der Waals surface area contributed by atoms with E-state index in [2.05, 4.69) is 20.2 Å². The summed E-state index contributed by atoms with van der Waals surface area (Å²) in [7, 11) is 0. The summed E-state index contributed by atoms with van der Waals surface area (Å²) < 4.78 is 0. The number of hydrogen-bond acceptors (Lipinski definition) is 5. The van der Waals surface area contributed by atoms with Gasteiger partial charge in [0.15, 0.2) is 0 Å². The Morgan fingerprint density at radius 3 is 3.18 bits per heavy atom. The summed E-state index contributed by atoms with van der Waals surface area (Å²) in [5.74, 6) is 0. The van der Waals surface area contributed by atoms with Crippen molar-refractivity contribution in [3.05, 3.63) is 12.3 Å². The quantitative estimate of drug-likeness (QED) is 0.521. The van der Waals surface area contributed by atoms with E-state index < -0.39 is 0 Å². The number of nitrogens with two attached hydrogens (primary N) is 1. The van der Waals surface area contributed by atoms with Gasteiger partial charge in [0.2, 0.25) is 0 Å². The Hall–Kier alpha value is -1.36. The van der Waals surface area contributed by atoms with E-state index in [4.69, 9.17) is 5.73 Å². The van der Waals surface area contributed by atoms with Crippen LogP contribution < -0.4 is 5.73 Å². The predicted molar refractivity (Wildman–Crippen MR) is 41.7 cm³/mol. The molecule has 2 rings (SSSR count). The molecule has 2 atom stereocenters. The number of hydrogen-bond donors (Lipinski definition) is 1. The lowest BCUT2D eigenvalue weighted by Gasteiger charge is -2.19. The van der Waals surface area contributed by atoms with Crippen LogP contribution in [-0.4, -0.2) is 24.3 Å². The van der Waals surface area contributed by atoms with Crippen LogP contribution in [0.5, 0.6) is 0 Å². The Morgan fingerprint density at radius 2 is 2.36 bits per heavy atom. The Morgan fingerprint density at radius 1 is 1.45 bits per heavy atom.